The summed E-state index contributed by atoms with van der Waals surface area (Å²) in [6.07, 6.45) is 1.47. The number of hydrogen-bond acceptors (Lipinski definition) is 4. The Balaban J connectivity index is 2.39. The normalized spacial score (nSPS) is 11.0. The number of rotatable bonds is 5. The lowest BCUT2D eigenvalue weighted by Gasteiger charge is -2.14. The van der Waals surface area contributed by atoms with Crippen molar-refractivity contribution in [3.05, 3.63) is 70.0 Å². The molecule has 0 aliphatic carbocycles. The van der Waals surface area contributed by atoms with Gasteiger partial charge < -0.3 is 14.6 Å². The Bertz CT molecular complexity index is 1070. The lowest BCUT2D eigenvalue weighted by molar-refractivity contribution is 0.301. The van der Waals surface area contributed by atoms with E-state index in [9.17, 15) is 4.79 Å². The van der Waals surface area contributed by atoms with E-state index in [0.717, 1.165) is 10.9 Å². The van der Waals surface area contributed by atoms with E-state index < -0.39 is 0 Å². The fourth-order valence-corrected chi connectivity index (χ4v) is 2.94. The minimum atomic E-state index is -0.325. The van der Waals surface area contributed by atoms with Crippen molar-refractivity contribution in [2.75, 3.05) is 7.11 Å². The number of oxime groups is 1. The van der Waals surface area contributed by atoms with Crippen molar-refractivity contribution >= 4 is 34.5 Å². The van der Waals surface area contributed by atoms with Gasteiger partial charge in [-0.05, 0) is 42.8 Å². The zero-order chi connectivity index (χ0) is 18.7. The van der Waals surface area contributed by atoms with Gasteiger partial charge in [-0.1, -0.05) is 35.5 Å². The molecular weight excluding hydrogens is 352 g/mol. The van der Waals surface area contributed by atoms with Gasteiger partial charge in [0, 0.05) is 27.7 Å². The van der Waals surface area contributed by atoms with Crippen molar-refractivity contribution < 1.29 is 9.57 Å². The molecule has 1 heterocycles. The summed E-state index contributed by atoms with van der Waals surface area (Å²) in [7, 11) is 1.59. The van der Waals surface area contributed by atoms with Gasteiger partial charge in [-0.15, -0.1) is 0 Å². The third-order valence-electron chi connectivity index (χ3n) is 3.88. The van der Waals surface area contributed by atoms with E-state index >= 15 is 0 Å². The van der Waals surface area contributed by atoms with Crippen LogP contribution in [0.25, 0.3) is 27.8 Å². The van der Waals surface area contributed by atoms with E-state index in [4.69, 9.17) is 21.2 Å². The highest BCUT2D eigenvalue weighted by Gasteiger charge is 2.19. The maximum Gasteiger partial charge on any atom is 0.260 e. The number of nitrogens with zero attached hydrogens (tertiary/aromatic N) is 1. The van der Waals surface area contributed by atoms with Crippen LogP contribution in [0.4, 0.5) is 0 Å². The number of nitrogens with one attached hydrogen (secondary N) is 1. The minimum absolute atomic E-state index is 0.143. The van der Waals surface area contributed by atoms with Gasteiger partial charge in [0.1, 0.15) is 5.75 Å². The molecule has 0 radical (unpaired) electrons. The molecule has 0 unspecified atom stereocenters. The van der Waals surface area contributed by atoms with Crippen molar-refractivity contribution in [1.82, 2.24) is 4.98 Å². The van der Waals surface area contributed by atoms with Gasteiger partial charge >= 0.3 is 0 Å². The Kier molecular flexibility index (Phi) is 5.09. The molecule has 26 heavy (non-hydrogen) atoms. The molecule has 3 rings (SSSR count). The van der Waals surface area contributed by atoms with Crippen LogP contribution in [0.2, 0.25) is 5.02 Å². The van der Waals surface area contributed by atoms with Crippen LogP contribution < -0.4 is 10.3 Å². The quantitative estimate of drug-likeness (QED) is 0.397. The van der Waals surface area contributed by atoms with Gasteiger partial charge in [-0.2, -0.15) is 0 Å². The number of hydrogen-bond donors (Lipinski definition) is 1. The zero-order valence-corrected chi connectivity index (χ0v) is 15.1. The average Bonchev–Trinajstić information content (AvgIpc) is 2.65. The number of ether oxygens (including phenoxy) is 1. The molecular formula is C20H17ClN2O3. The second-order valence-corrected chi connectivity index (χ2v) is 5.94. The molecule has 0 saturated heterocycles. The first kappa shape index (κ1) is 17.8. The number of fused-ring (bicyclic) bond motifs is 1. The highest BCUT2D eigenvalue weighted by atomic mass is 35.5. The Hall–Kier alpha value is -3.05. The molecule has 0 fully saturated rings. The first-order valence-corrected chi connectivity index (χ1v) is 8.27. The first-order valence-electron chi connectivity index (χ1n) is 7.89. The molecule has 132 valence electrons. The molecule has 0 saturated carbocycles. The lowest BCUT2D eigenvalue weighted by atomic mass is 9.95. The number of halogens is 1. The van der Waals surface area contributed by atoms with Crippen LogP contribution in [0.15, 0.2) is 59.0 Å². The smallest absolute Gasteiger partial charge is 0.260 e. The van der Waals surface area contributed by atoms with Crippen LogP contribution in [0, 0.1) is 0 Å². The summed E-state index contributed by atoms with van der Waals surface area (Å²) in [5.74, 6) is 0.811. The summed E-state index contributed by atoms with van der Waals surface area (Å²) in [6.45, 7) is 5.57. The Morgan fingerprint density at radius 1 is 1.27 bits per heavy atom. The van der Waals surface area contributed by atoms with Gasteiger partial charge in [0.05, 0.1) is 12.7 Å². The standard InChI is InChI=1S/C20H17ClN2O3/c1-4-22-26-12(2)18-19(13-6-5-7-15(10-13)25-3)16-11-14(21)8-9-17(16)23-20(18)24/h4-11H,2H2,1,3H3,(H,23,24)/b22-4+. The van der Waals surface area contributed by atoms with Crippen LogP contribution in [0.5, 0.6) is 5.75 Å². The van der Waals surface area contributed by atoms with Crippen molar-refractivity contribution in [1.29, 1.82) is 0 Å². The van der Waals surface area contributed by atoms with E-state index in [1.165, 1.54) is 6.21 Å². The summed E-state index contributed by atoms with van der Waals surface area (Å²) in [5.41, 5.74) is 2.06. The summed E-state index contributed by atoms with van der Waals surface area (Å²) >= 11 is 6.20. The molecule has 1 N–H and O–H groups in total. The number of aromatic amines is 1. The number of H-pyrrole nitrogens is 1. The molecule has 2 aromatic carbocycles. The summed E-state index contributed by atoms with van der Waals surface area (Å²) in [4.78, 5) is 20.8. The number of benzene rings is 2. The highest BCUT2D eigenvalue weighted by molar-refractivity contribution is 6.31. The summed E-state index contributed by atoms with van der Waals surface area (Å²) in [5, 5.41) is 5.05. The third kappa shape index (κ3) is 3.34. The molecule has 0 spiro atoms. The van der Waals surface area contributed by atoms with Crippen LogP contribution in [0.3, 0.4) is 0 Å². The fraction of sp³-hybridized carbons (Fsp3) is 0.100. The Morgan fingerprint density at radius 3 is 2.81 bits per heavy atom. The third-order valence-corrected chi connectivity index (χ3v) is 4.12. The van der Waals surface area contributed by atoms with Crippen LogP contribution in [-0.4, -0.2) is 18.3 Å². The Labute approximate surface area is 155 Å². The number of aromatic nitrogens is 1. The zero-order valence-electron chi connectivity index (χ0n) is 14.4. The van der Waals surface area contributed by atoms with Gasteiger partial charge in [0.15, 0.2) is 5.76 Å². The molecule has 0 amide bonds. The molecule has 6 heteroatoms. The molecule has 0 bridgehead atoms. The van der Waals surface area contributed by atoms with Crippen molar-refractivity contribution in [3.63, 3.8) is 0 Å². The van der Waals surface area contributed by atoms with Gasteiger partial charge in [-0.25, -0.2) is 0 Å². The van der Waals surface area contributed by atoms with Crippen molar-refractivity contribution in [2.45, 2.75) is 6.92 Å². The number of methoxy groups -OCH3 is 1. The second-order valence-electron chi connectivity index (χ2n) is 5.50. The second kappa shape index (κ2) is 7.45. The van der Waals surface area contributed by atoms with E-state index in [1.807, 2.05) is 24.3 Å². The predicted molar refractivity (Wildman–Crippen MR) is 106 cm³/mol. The van der Waals surface area contributed by atoms with E-state index in [2.05, 4.69) is 16.7 Å². The molecule has 0 aliphatic rings. The molecule has 3 aromatic rings. The fourth-order valence-electron chi connectivity index (χ4n) is 2.77. The monoisotopic (exact) mass is 368 g/mol. The largest absolute Gasteiger partial charge is 0.497 e. The maximum atomic E-state index is 12.8. The van der Waals surface area contributed by atoms with Crippen LogP contribution in [0.1, 0.15) is 12.5 Å². The lowest BCUT2D eigenvalue weighted by Crippen LogP contribution is -2.14. The molecule has 0 aliphatic heterocycles. The van der Waals surface area contributed by atoms with Crippen molar-refractivity contribution in [2.24, 2.45) is 5.16 Å². The first-order chi connectivity index (χ1) is 12.5. The van der Waals surface area contributed by atoms with E-state index in [1.54, 1.807) is 32.2 Å². The number of pyridine rings is 1. The highest BCUT2D eigenvalue weighted by Crippen LogP contribution is 2.35. The van der Waals surface area contributed by atoms with Gasteiger partial charge in [0.25, 0.3) is 5.56 Å². The van der Waals surface area contributed by atoms with E-state index in [-0.39, 0.29) is 11.3 Å². The summed E-state index contributed by atoms with van der Waals surface area (Å²) in [6, 6.07) is 12.7. The molecule has 1 aromatic heterocycles. The minimum Gasteiger partial charge on any atom is -0.497 e. The SMILES string of the molecule is C=C(O/N=C/C)c1c(-c2cccc(OC)c2)c2cc(Cl)ccc2[nH]c1=O. The van der Waals surface area contributed by atoms with Gasteiger partial charge in [0.2, 0.25) is 0 Å². The van der Waals surface area contributed by atoms with Crippen molar-refractivity contribution in [3.8, 4) is 16.9 Å². The molecule has 0 atom stereocenters. The van der Waals surface area contributed by atoms with E-state index in [0.29, 0.717) is 27.4 Å². The Morgan fingerprint density at radius 2 is 2.08 bits per heavy atom. The maximum absolute atomic E-state index is 12.8. The van der Waals surface area contributed by atoms with Gasteiger partial charge in [-0.3, -0.25) is 4.79 Å². The topological polar surface area (TPSA) is 63.7 Å². The predicted octanol–water partition coefficient (Wildman–Crippen LogP) is 4.85. The van der Waals surface area contributed by atoms with Crippen LogP contribution >= 0.6 is 11.6 Å². The summed E-state index contributed by atoms with van der Waals surface area (Å²) < 4.78 is 5.32. The van der Waals surface area contributed by atoms with Crippen LogP contribution in [-0.2, 0) is 4.84 Å². The average molecular weight is 369 g/mol. The molecule has 5 nitrogen and oxygen atoms in total.